The van der Waals surface area contributed by atoms with Gasteiger partial charge in [0.15, 0.2) is 11.5 Å². The molecule has 2 heterocycles. The van der Waals surface area contributed by atoms with Crippen molar-refractivity contribution >= 4 is 29.0 Å². The van der Waals surface area contributed by atoms with E-state index in [-0.39, 0.29) is 5.91 Å². The zero-order valence-electron chi connectivity index (χ0n) is 18.5. The molecule has 3 aromatic rings. The lowest BCUT2D eigenvalue weighted by atomic mass is 10.1. The van der Waals surface area contributed by atoms with Crippen LogP contribution in [0.1, 0.15) is 28.9 Å². The molecule has 1 aromatic heterocycles. The minimum atomic E-state index is -0.275. The molecule has 4 rings (SSSR count). The van der Waals surface area contributed by atoms with Gasteiger partial charge in [0, 0.05) is 36.2 Å². The molecule has 166 valence electrons. The number of nitrogens with zero attached hydrogens (tertiary/aromatic N) is 3. The normalized spacial score (nSPS) is 13.0. The Bertz CT molecular complexity index is 1100. The first-order valence-corrected chi connectivity index (χ1v) is 10.6. The molecule has 1 saturated heterocycles. The highest BCUT2D eigenvalue weighted by atomic mass is 16.5. The van der Waals surface area contributed by atoms with Crippen molar-refractivity contribution in [3.05, 3.63) is 59.8 Å². The van der Waals surface area contributed by atoms with Crippen LogP contribution in [0.3, 0.4) is 0 Å². The summed E-state index contributed by atoms with van der Waals surface area (Å²) >= 11 is 0. The zero-order chi connectivity index (χ0) is 22.5. The van der Waals surface area contributed by atoms with Gasteiger partial charge in [0.1, 0.15) is 5.82 Å². The lowest BCUT2D eigenvalue weighted by Crippen LogP contribution is -2.21. The maximum absolute atomic E-state index is 12.8. The summed E-state index contributed by atoms with van der Waals surface area (Å²) < 4.78 is 10.6. The predicted octanol–water partition coefficient (Wildman–Crippen LogP) is 4.40. The van der Waals surface area contributed by atoms with Gasteiger partial charge in [-0.3, -0.25) is 4.79 Å². The Morgan fingerprint density at radius 3 is 2.38 bits per heavy atom. The van der Waals surface area contributed by atoms with Crippen LogP contribution >= 0.6 is 0 Å². The van der Waals surface area contributed by atoms with Crippen molar-refractivity contribution in [1.29, 1.82) is 0 Å². The molecule has 1 fully saturated rings. The summed E-state index contributed by atoms with van der Waals surface area (Å²) in [6, 6.07) is 14.6. The number of benzene rings is 2. The van der Waals surface area contributed by atoms with Gasteiger partial charge in [0.2, 0.25) is 5.95 Å². The molecule has 0 unspecified atom stereocenters. The molecule has 0 spiro atoms. The number of para-hydroxylation sites is 1. The molecule has 0 radical (unpaired) electrons. The number of aryl methyl sites for hydroxylation is 1. The third-order valence-electron chi connectivity index (χ3n) is 5.29. The van der Waals surface area contributed by atoms with Gasteiger partial charge in [-0.1, -0.05) is 6.07 Å². The summed E-state index contributed by atoms with van der Waals surface area (Å²) in [7, 11) is 3.05. The van der Waals surface area contributed by atoms with E-state index in [0.29, 0.717) is 22.7 Å². The lowest BCUT2D eigenvalue weighted by molar-refractivity contribution is 0.102. The quantitative estimate of drug-likeness (QED) is 0.571. The summed E-state index contributed by atoms with van der Waals surface area (Å²) in [6.07, 6.45) is 2.35. The highest BCUT2D eigenvalue weighted by Crippen LogP contribution is 2.31. The van der Waals surface area contributed by atoms with Crippen LogP contribution in [0.2, 0.25) is 0 Å². The van der Waals surface area contributed by atoms with Crippen LogP contribution in [0.25, 0.3) is 0 Å². The SMILES string of the molecule is COc1cccc(C(=O)Nc2ccc(Nc3cc(C)nc(N4CCCC4)n3)cc2)c1OC. The van der Waals surface area contributed by atoms with E-state index in [4.69, 9.17) is 9.47 Å². The van der Waals surface area contributed by atoms with Gasteiger partial charge < -0.3 is 25.0 Å². The standard InChI is InChI=1S/C24H27N5O3/c1-16-15-21(28-24(25-16)29-13-4-5-14-29)26-17-9-11-18(12-10-17)27-23(30)19-7-6-8-20(31-2)22(19)32-3/h6-12,15H,4-5,13-14H2,1-3H3,(H,27,30)(H,25,26,28). The van der Waals surface area contributed by atoms with E-state index in [1.54, 1.807) is 25.3 Å². The number of amides is 1. The average molecular weight is 434 g/mol. The maximum atomic E-state index is 12.8. The van der Waals surface area contributed by atoms with Crippen LogP contribution in [-0.4, -0.2) is 43.2 Å². The Morgan fingerprint density at radius 2 is 1.69 bits per heavy atom. The summed E-state index contributed by atoms with van der Waals surface area (Å²) in [6.45, 7) is 3.96. The van der Waals surface area contributed by atoms with E-state index in [1.165, 1.54) is 20.0 Å². The van der Waals surface area contributed by atoms with Crippen molar-refractivity contribution in [3.8, 4) is 11.5 Å². The Balaban J connectivity index is 1.46. The van der Waals surface area contributed by atoms with Crippen LogP contribution in [-0.2, 0) is 0 Å². The number of rotatable bonds is 7. The first kappa shape index (κ1) is 21.4. The summed E-state index contributed by atoms with van der Waals surface area (Å²) in [5.41, 5.74) is 2.86. The van der Waals surface area contributed by atoms with Crippen molar-refractivity contribution in [1.82, 2.24) is 9.97 Å². The van der Waals surface area contributed by atoms with Gasteiger partial charge in [-0.05, 0) is 56.2 Å². The van der Waals surface area contributed by atoms with Crippen LogP contribution in [0.5, 0.6) is 11.5 Å². The van der Waals surface area contributed by atoms with Crippen molar-refractivity contribution < 1.29 is 14.3 Å². The molecule has 2 N–H and O–H groups in total. The van der Waals surface area contributed by atoms with Crippen molar-refractivity contribution in [3.63, 3.8) is 0 Å². The molecule has 0 atom stereocenters. The van der Waals surface area contributed by atoms with Crippen molar-refractivity contribution in [2.24, 2.45) is 0 Å². The molecule has 2 aromatic carbocycles. The highest BCUT2D eigenvalue weighted by molar-refractivity contribution is 6.06. The molecule has 0 saturated carbocycles. The molecule has 0 bridgehead atoms. The number of hydrogen-bond donors (Lipinski definition) is 2. The zero-order valence-corrected chi connectivity index (χ0v) is 18.5. The monoisotopic (exact) mass is 433 g/mol. The minimum absolute atomic E-state index is 0.275. The van der Waals surface area contributed by atoms with E-state index in [2.05, 4.69) is 25.5 Å². The fourth-order valence-electron chi connectivity index (χ4n) is 3.72. The molecular weight excluding hydrogens is 406 g/mol. The molecule has 8 nitrogen and oxygen atoms in total. The Labute approximate surface area is 187 Å². The number of carbonyl (C=O) groups excluding carboxylic acids is 1. The fraction of sp³-hybridized carbons (Fsp3) is 0.292. The number of carbonyl (C=O) groups is 1. The average Bonchev–Trinajstić information content (AvgIpc) is 3.34. The number of anilines is 4. The van der Waals surface area contributed by atoms with Gasteiger partial charge in [-0.25, -0.2) is 4.98 Å². The molecule has 0 aliphatic carbocycles. The van der Waals surface area contributed by atoms with Crippen molar-refractivity contribution in [2.45, 2.75) is 19.8 Å². The van der Waals surface area contributed by atoms with Gasteiger partial charge in [0.25, 0.3) is 5.91 Å². The Morgan fingerprint density at radius 1 is 0.969 bits per heavy atom. The molecule has 1 aliphatic heterocycles. The maximum Gasteiger partial charge on any atom is 0.259 e. The van der Waals surface area contributed by atoms with Crippen LogP contribution in [0, 0.1) is 6.92 Å². The second-order valence-corrected chi connectivity index (χ2v) is 7.59. The topological polar surface area (TPSA) is 88.6 Å². The summed E-state index contributed by atoms with van der Waals surface area (Å²) in [5.74, 6) is 2.15. The van der Waals surface area contributed by atoms with E-state index >= 15 is 0 Å². The third-order valence-corrected chi connectivity index (χ3v) is 5.29. The predicted molar refractivity (Wildman–Crippen MR) is 125 cm³/mol. The second kappa shape index (κ2) is 9.55. The third kappa shape index (κ3) is 4.74. The van der Waals surface area contributed by atoms with E-state index in [1.807, 2.05) is 37.3 Å². The Hall–Kier alpha value is -3.81. The van der Waals surface area contributed by atoms with Gasteiger partial charge in [-0.15, -0.1) is 0 Å². The molecule has 32 heavy (non-hydrogen) atoms. The number of ether oxygens (including phenoxy) is 2. The van der Waals surface area contributed by atoms with Gasteiger partial charge in [0.05, 0.1) is 19.8 Å². The molecule has 1 aliphatic rings. The first-order chi connectivity index (χ1) is 15.6. The fourth-order valence-corrected chi connectivity index (χ4v) is 3.72. The Kier molecular flexibility index (Phi) is 6.39. The number of methoxy groups -OCH3 is 2. The van der Waals surface area contributed by atoms with E-state index in [9.17, 15) is 4.79 Å². The summed E-state index contributed by atoms with van der Waals surface area (Å²) in [5, 5.41) is 6.22. The van der Waals surface area contributed by atoms with Gasteiger partial charge in [-0.2, -0.15) is 4.98 Å². The van der Waals surface area contributed by atoms with Crippen LogP contribution in [0.4, 0.5) is 23.1 Å². The smallest absolute Gasteiger partial charge is 0.259 e. The van der Waals surface area contributed by atoms with Gasteiger partial charge >= 0.3 is 0 Å². The van der Waals surface area contributed by atoms with E-state index < -0.39 is 0 Å². The molecule has 1 amide bonds. The number of hydrogen-bond acceptors (Lipinski definition) is 7. The minimum Gasteiger partial charge on any atom is -0.493 e. The largest absolute Gasteiger partial charge is 0.493 e. The molecular formula is C24H27N5O3. The highest BCUT2D eigenvalue weighted by Gasteiger charge is 2.17. The summed E-state index contributed by atoms with van der Waals surface area (Å²) in [4.78, 5) is 24.2. The number of nitrogens with one attached hydrogen (secondary N) is 2. The second-order valence-electron chi connectivity index (χ2n) is 7.59. The first-order valence-electron chi connectivity index (χ1n) is 10.6. The number of aromatic nitrogens is 2. The van der Waals surface area contributed by atoms with Crippen LogP contribution < -0.4 is 25.0 Å². The van der Waals surface area contributed by atoms with E-state index in [0.717, 1.165) is 36.2 Å². The van der Waals surface area contributed by atoms with Crippen molar-refractivity contribution in [2.75, 3.05) is 42.8 Å². The molecule has 8 heteroatoms. The lowest BCUT2D eigenvalue weighted by Gasteiger charge is -2.17. The van der Waals surface area contributed by atoms with Crippen LogP contribution in [0.15, 0.2) is 48.5 Å².